The molecule has 0 spiro atoms. The number of fused-ring (bicyclic) bond motifs is 1. The van der Waals surface area contributed by atoms with E-state index in [0.717, 1.165) is 16.5 Å². The Morgan fingerprint density at radius 1 is 1.33 bits per heavy atom. The zero-order valence-corrected chi connectivity index (χ0v) is 11.7. The van der Waals surface area contributed by atoms with Gasteiger partial charge in [0.1, 0.15) is 21.7 Å². The monoisotopic (exact) mass is 263 g/mol. The number of hydrogen-bond donors (Lipinski definition) is 0. The van der Waals surface area contributed by atoms with Crippen molar-refractivity contribution in [3.05, 3.63) is 36.1 Å². The molecule has 0 saturated carbocycles. The fourth-order valence-electron chi connectivity index (χ4n) is 1.55. The summed E-state index contributed by atoms with van der Waals surface area (Å²) in [5.41, 5.74) is 1.94. The minimum Gasteiger partial charge on any atom is -0.591 e. The molecule has 0 bridgehead atoms. The zero-order chi connectivity index (χ0) is 13.2. The van der Waals surface area contributed by atoms with E-state index >= 15 is 0 Å². The summed E-state index contributed by atoms with van der Waals surface area (Å²) in [4.78, 5) is 0. The van der Waals surface area contributed by atoms with Crippen LogP contribution in [0, 0.1) is 0 Å². The van der Waals surface area contributed by atoms with Gasteiger partial charge in [0.25, 0.3) is 0 Å². The third-order valence-corrected chi connectivity index (χ3v) is 3.95. The number of furan rings is 1. The van der Waals surface area contributed by atoms with Gasteiger partial charge >= 0.3 is 0 Å². The molecule has 96 valence electrons. The summed E-state index contributed by atoms with van der Waals surface area (Å²) in [5, 5.41) is 1.09. The Balaban J connectivity index is 2.09. The molecule has 3 nitrogen and oxygen atoms in total. The largest absolute Gasteiger partial charge is 0.591 e. The SMILES string of the molecule is CC(C)(C)[S@@+]([O-])/N=C/Cc1coc2ccccc12. The van der Waals surface area contributed by atoms with Gasteiger partial charge in [-0.1, -0.05) is 22.6 Å². The molecular weight excluding hydrogens is 246 g/mol. The predicted octanol–water partition coefficient (Wildman–Crippen LogP) is 3.51. The summed E-state index contributed by atoms with van der Waals surface area (Å²) in [7, 11) is 0. The molecule has 18 heavy (non-hydrogen) atoms. The minimum absolute atomic E-state index is 0.311. The second kappa shape index (κ2) is 5.16. The van der Waals surface area contributed by atoms with E-state index in [1.807, 2.05) is 45.0 Å². The van der Waals surface area contributed by atoms with Crippen LogP contribution >= 0.6 is 0 Å². The van der Waals surface area contributed by atoms with Gasteiger partial charge in [-0.3, -0.25) is 0 Å². The van der Waals surface area contributed by atoms with Crippen molar-refractivity contribution in [3.63, 3.8) is 0 Å². The van der Waals surface area contributed by atoms with Gasteiger partial charge in [0.2, 0.25) is 0 Å². The summed E-state index contributed by atoms with van der Waals surface area (Å²) < 4.78 is 21.0. The maximum atomic E-state index is 11.7. The Labute approximate surface area is 110 Å². The Hall–Kier alpha value is -1.26. The van der Waals surface area contributed by atoms with Crippen molar-refractivity contribution in [1.29, 1.82) is 0 Å². The van der Waals surface area contributed by atoms with Gasteiger partial charge in [0.05, 0.1) is 12.5 Å². The van der Waals surface area contributed by atoms with Gasteiger partial charge in [0.15, 0.2) is 0 Å². The molecule has 0 saturated heterocycles. The molecule has 0 aliphatic rings. The number of hydrogen-bond acceptors (Lipinski definition) is 3. The molecule has 0 aliphatic heterocycles. The van der Waals surface area contributed by atoms with Crippen molar-refractivity contribution in [3.8, 4) is 0 Å². The van der Waals surface area contributed by atoms with Crippen molar-refractivity contribution in [2.75, 3.05) is 0 Å². The lowest BCUT2D eigenvalue weighted by molar-refractivity contribution is 0.561. The van der Waals surface area contributed by atoms with Gasteiger partial charge < -0.3 is 8.97 Å². The maximum Gasteiger partial charge on any atom is 0.144 e. The van der Waals surface area contributed by atoms with Crippen LogP contribution in [0.1, 0.15) is 26.3 Å². The van der Waals surface area contributed by atoms with Crippen LogP contribution in [0.15, 0.2) is 39.3 Å². The molecule has 1 aromatic carbocycles. The molecule has 0 fully saturated rings. The van der Waals surface area contributed by atoms with Crippen molar-refractivity contribution in [1.82, 2.24) is 0 Å². The van der Waals surface area contributed by atoms with Crippen LogP contribution < -0.4 is 0 Å². The zero-order valence-electron chi connectivity index (χ0n) is 10.8. The van der Waals surface area contributed by atoms with Crippen molar-refractivity contribution < 1.29 is 8.97 Å². The standard InChI is InChI=1S/C14H17NO2S/c1-14(2,3)18(16)15-9-8-11-10-17-13-7-5-4-6-12(11)13/h4-7,9-10H,8H2,1-3H3/b15-9+/t18-/m1/s1. The highest BCUT2D eigenvalue weighted by Crippen LogP contribution is 2.21. The van der Waals surface area contributed by atoms with Gasteiger partial charge in [0, 0.05) is 17.4 Å². The van der Waals surface area contributed by atoms with Crippen LogP contribution in [0.4, 0.5) is 0 Å². The lowest BCUT2D eigenvalue weighted by Crippen LogP contribution is -2.25. The van der Waals surface area contributed by atoms with E-state index in [2.05, 4.69) is 4.40 Å². The number of para-hydroxylation sites is 1. The van der Waals surface area contributed by atoms with Crippen LogP contribution in [0.3, 0.4) is 0 Å². The molecule has 0 N–H and O–H groups in total. The second-order valence-corrected chi connectivity index (χ2v) is 7.04. The van der Waals surface area contributed by atoms with Crippen molar-refractivity contribution >= 4 is 28.5 Å². The quantitative estimate of drug-likeness (QED) is 0.628. The van der Waals surface area contributed by atoms with Gasteiger partial charge in [-0.25, -0.2) is 0 Å². The number of rotatable bonds is 3. The Morgan fingerprint density at radius 2 is 2.06 bits per heavy atom. The van der Waals surface area contributed by atoms with E-state index in [-0.39, 0.29) is 4.75 Å². The summed E-state index contributed by atoms with van der Waals surface area (Å²) in [5.74, 6) is 0. The summed E-state index contributed by atoms with van der Waals surface area (Å²) >= 11 is -1.19. The van der Waals surface area contributed by atoms with Crippen molar-refractivity contribution in [2.24, 2.45) is 4.40 Å². The highest BCUT2D eigenvalue weighted by molar-refractivity contribution is 7.91. The maximum absolute atomic E-state index is 11.7. The fraction of sp³-hybridized carbons (Fsp3) is 0.357. The second-order valence-electron chi connectivity index (χ2n) is 5.11. The lowest BCUT2D eigenvalue weighted by Gasteiger charge is -2.17. The van der Waals surface area contributed by atoms with Crippen LogP contribution in [0.2, 0.25) is 0 Å². The third kappa shape index (κ3) is 2.94. The normalized spacial score (nSPS) is 14.4. The molecule has 0 aliphatic carbocycles. The number of nitrogens with zero attached hydrogens (tertiary/aromatic N) is 1. The van der Waals surface area contributed by atoms with E-state index in [4.69, 9.17) is 4.42 Å². The molecule has 0 unspecified atom stereocenters. The smallest absolute Gasteiger partial charge is 0.144 e. The first-order valence-electron chi connectivity index (χ1n) is 5.88. The molecule has 4 heteroatoms. The fourth-order valence-corrected chi connectivity index (χ4v) is 2.08. The van der Waals surface area contributed by atoms with Crippen LogP contribution in [-0.4, -0.2) is 15.5 Å². The first kappa shape index (κ1) is 13.2. The van der Waals surface area contributed by atoms with Gasteiger partial charge in [-0.2, -0.15) is 0 Å². The van der Waals surface area contributed by atoms with E-state index in [1.54, 1.807) is 12.5 Å². The van der Waals surface area contributed by atoms with Crippen LogP contribution in [0.25, 0.3) is 11.0 Å². The average Bonchev–Trinajstić information content (AvgIpc) is 2.71. The van der Waals surface area contributed by atoms with Gasteiger partial charge in [-0.15, -0.1) is 0 Å². The Bertz CT molecular complexity index is 554. The van der Waals surface area contributed by atoms with E-state index in [9.17, 15) is 4.55 Å². The molecule has 1 atom stereocenters. The topological polar surface area (TPSA) is 48.6 Å². The highest BCUT2D eigenvalue weighted by Gasteiger charge is 2.25. The number of benzene rings is 1. The van der Waals surface area contributed by atoms with E-state index in [0.29, 0.717) is 6.42 Å². The molecule has 0 radical (unpaired) electrons. The molecule has 2 rings (SSSR count). The summed E-state index contributed by atoms with van der Waals surface area (Å²) in [6, 6.07) is 7.87. The van der Waals surface area contributed by atoms with Gasteiger partial charge in [-0.05, 0) is 26.8 Å². The third-order valence-electron chi connectivity index (χ3n) is 2.57. The van der Waals surface area contributed by atoms with Crippen molar-refractivity contribution in [2.45, 2.75) is 31.9 Å². The summed E-state index contributed by atoms with van der Waals surface area (Å²) in [6.45, 7) is 5.73. The first-order chi connectivity index (χ1) is 8.48. The minimum atomic E-state index is -1.19. The predicted molar refractivity (Wildman–Crippen MR) is 76.3 cm³/mol. The van der Waals surface area contributed by atoms with E-state index < -0.39 is 11.4 Å². The molecule has 0 amide bonds. The lowest BCUT2D eigenvalue weighted by atomic mass is 10.1. The molecule has 2 aromatic rings. The highest BCUT2D eigenvalue weighted by atomic mass is 32.2. The van der Waals surface area contributed by atoms with E-state index in [1.165, 1.54) is 0 Å². The Morgan fingerprint density at radius 3 is 2.78 bits per heavy atom. The molecular formula is C14H17NO2S. The molecule has 1 heterocycles. The Kier molecular flexibility index (Phi) is 3.78. The average molecular weight is 263 g/mol. The van der Waals surface area contributed by atoms with Crippen LogP contribution in [-0.2, 0) is 17.8 Å². The summed E-state index contributed by atoms with van der Waals surface area (Å²) in [6.07, 6.45) is 4.08. The van der Waals surface area contributed by atoms with Crippen LogP contribution in [0.5, 0.6) is 0 Å². The molecule has 1 aromatic heterocycles. The first-order valence-corrected chi connectivity index (χ1v) is 6.99.